The predicted molar refractivity (Wildman–Crippen MR) is 343 cm³/mol. The molecule has 15 heteroatoms. The van der Waals surface area contributed by atoms with Crippen LogP contribution in [-0.4, -0.2) is 21.2 Å². The topological polar surface area (TPSA) is 42.5 Å². The minimum atomic E-state index is -2.57. The predicted octanol–water partition coefficient (Wildman–Crippen LogP) is 21.1. The molecule has 78 heavy (non-hydrogen) atoms. The molecule has 4 nitrogen and oxygen atoms in total. The molecule has 2 aromatic carbocycles. The summed E-state index contributed by atoms with van der Waals surface area (Å²) in [6.07, 6.45) is 20.4. The van der Waals surface area contributed by atoms with E-state index in [4.69, 9.17) is 13.1 Å². The van der Waals surface area contributed by atoms with E-state index in [2.05, 4.69) is 99.2 Å². The number of unbranched alkanes of at least 4 members (excludes halogenated alkanes) is 8. The van der Waals surface area contributed by atoms with Crippen molar-refractivity contribution >= 4 is 132 Å². The fraction of sp³-hybridized carbons (Fsp3) is 0.429. The number of aryl methyl sites for hydroxylation is 2. The Labute approximate surface area is 493 Å². The van der Waals surface area contributed by atoms with Crippen molar-refractivity contribution in [3.63, 3.8) is 0 Å². The van der Waals surface area contributed by atoms with Gasteiger partial charge in [-0.2, -0.15) is 12.7 Å². The maximum Gasteiger partial charge on any atom is 0.277 e. The molecule has 3 atom stereocenters. The quantitative estimate of drug-likeness (QED) is 0.0344. The van der Waals surface area contributed by atoms with Crippen molar-refractivity contribution in [1.29, 1.82) is 0 Å². The Morgan fingerprint density at radius 1 is 0.538 bits per heavy atom. The minimum absolute atomic E-state index is 0.178. The van der Waals surface area contributed by atoms with E-state index in [0.717, 1.165) is 104 Å². The number of aromatic nitrogens is 4. The van der Waals surface area contributed by atoms with Crippen LogP contribution in [0.4, 0.5) is 8.78 Å². The average Bonchev–Trinajstić information content (AvgIpc) is 4.48. The Bertz CT molecular complexity index is 3710. The van der Waals surface area contributed by atoms with Crippen molar-refractivity contribution in [1.82, 2.24) is 13.1 Å². The van der Waals surface area contributed by atoms with E-state index in [1.54, 1.807) is 57.5 Å². The van der Waals surface area contributed by atoms with Gasteiger partial charge in [-0.15, -0.1) is 68.0 Å². The van der Waals surface area contributed by atoms with Gasteiger partial charge in [-0.3, -0.25) is 0 Å². The largest absolute Gasteiger partial charge is 0.277 e. The first kappa shape index (κ1) is 54.9. The van der Waals surface area contributed by atoms with Crippen molar-refractivity contribution in [3.05, 3.63) is 94.2 Å². The van der Waals surface area contributed by atoms with Crippen LogP contribution in [0.2, 0.25) is 12.1 Å². The van der Waals surface area contributed by atoms with E-state index >= 15 is 8.78 Å². The Balaban J connectivity index is 0.950. The Morgan fingerprint density at radius 2 is 1.08 bits per heavy atom. The molecule has 0 radical (unpaired) electrons. The van der Waals surface area contributed by atoms with Crippen molar-refractivity contribution in [2.75, 3.05) is 0 Å². The van der Waals surface area contributed by atoms with Crippen LogP contribution in [0.1, 0.15) is 141 Å². The second kappa shape index (κ2) is 24.1. The highest BCUT2D eigenvalue weighted by Gasteiger charge is 2.51. The van der Waals surface area contributed by atoms with Crippen molar-refractivity contribution in [3.8, 4) is 71.0 Å². The third-order valence-electron chi connectivity index (χ3n) is 16.7. The Kier molecular flexibility index (Phi) is 16.9. The first-order chi connectivity index (χ1) is 38.2. The molecule has 8 aromatic heterocycles. The summed E-state index contributed by atoms with van der Waals surface area (Å²) in [4.78, 5) is 14.4. The summed E-state index contributed by atoms with van der Waals surface area (Å²) in [7, 11) is -2.57. The molecule has 2 aliphatic heterocycles. The van der Waals surface area contributed by atoms with E-state index in [1.807, 2.05) is 22.7 Å². The Morgan fingerprint density at radius 3 is 1.68 bits per heavy atom. The molecule has 406 valence electrons. The normalized spacial score (nSPS) is 16.3. The number of hydrogen-bond acceptors (Lipinski definition) is 11. The van der Waals surface area contributed by atoms with Gasteiger partial charge in [-0.05, 0) is 139 Å². The molecular formula is C63H69F2N4S8Si+. The number of nitrogens with zero attached hydrogens (tertiary/aromatic N) is 4. The molecule has 0 spiro atoms. The monoisotopic (exact) mass is 1200 g/mol. The van der Waals surface area contributed by atoms with Gasteiger partial charge in [0.05, 0.1) is 28.4 Å². The molecule has 0 aliphatic carbocycles. The lowest BCUT2D eigenvalue weighted by Crippen LogP contribution is -2.57. The van der Waals surface area contributed by atoms with Crippen LogP contribution in [0.3, 0.4) is 0 Å². The summed E-state index contributed by atoms with van der Waals surface area (Å²) in [5.41, 5.74) is 6.21. The Hall–Kier alpha value is -3.64. The second-order valence-electron chi connectivity index (χ2n) is 22.1. The van der Waals surface area contributed by atoms with Gasteiger partial charge in [-0.25, -0.2) is 8.78 Å². The number of fused-ring (bicyclic) bond motifs is 6. The van der Waals surface area contributed by atoms with Gasteiger partial charge in [0, 0.05) is 68.5 Å². The van der Waals surface area contributed by atoms with Crippen LogP contribution >= 0.6 is 91.5 Å². The van der Waals surface area contributed by atoms with E-state index in [9.17, 15) is 0 Å². The zero-order chi connectivity index (χ0) is 53.5. The molecule has 12 rings (SSSR count). The molecule has 10 heterocycles. The van der Waals surface area contributed by atoms with Gasteiger partial charge in [-0.1, -0.05) is 112 Å². The standard InChI is InChI=1S/C63H69F2N4S8Si/c1-6-11-15-17-21-40-23-25-48(70-40)50-29-27-46(72-50)42-31-44(64)56(60-58(42)66-76-67-60)52-33-54-62(74-52)63-55-34-53(75-63)57-45(65)32-43(47-28-30-51(73-47)49-26-24-41(71-49)22-18-16-12-7-2)59-61(57)69(77-68-59)35-39(20-14-9-4)37-78(54,55)36-38(10-5)19-13-8-3/h23-34,38-39H,6-22,35-37H2,1-5H3/q+1. The van der Waals surface area contributed by atoms with Crippen molar-refractivity contribution in [2.45, 2.75) is 162 Å². The zero-order valence-electron chi connectivity index (χ0n) is 45.5. The number of rotatable bonds is 24. The third kappa shape index (κ3) is 10.5. The number of benzene rings is 2. The third-order valence-corrected chi connectivity index (χ3v) is 31.2. The molecule has 0 saturated carbocycles. The molecule has 0 N–H and O–H groups in total. The van der Waals surface area contributed by atoms with Gasteiger partial charge in [0.1, 0.15) is 37.3 Å². The van der Waals surface area contributed by atoms with Crippen LogP contribution in [-0.2, 0) is 19.4 Å². The van der Waals surface area contributed by atoms with Gasteiger partial charge in [0.15, 0.2) is 0 Å². The van der Waals surface area contributed by atoms with Gasteiger partial charge >= 0.3 is 0 Å². The SMILES string of the molecule is CCCCCCc1ccc(-c2ccc(-c3cc(F)c(-c4cc5c(s4)-c4sc6cc4[Si]5(CC(CC)CCCC)CC(CCCC)C[n+]4snc5c(-c7ccc(-c8ccc(CCCCCC)s8)s7)cc(F)c-6c54)c4nsnc34)s2)s1. The number of hydrogen-bond donors (Lipinski definition) is 0. The molecule has 2 aliphatic rings. The molecule has 3 unspecified atom stereocenters. The van der Waals surface area contributed by atoms with Crippen LogP contribution in [0.5, 0.6) is 0 Å². The summed E-state index contributed by atoms with van der Waals surface area (Å²) in [6, 6.07) is 28.5. The molecule has 10 aromatic rings. The van der Waals surface area contributed by atoms with Gasteiger partial charge < -0.3 is 0 Å². The number of thiophene rings is 6. The summed E-state index contributed by atoms with van der Waals surface area (Å²) >= 11 is 13.5. The average molecular weight is 1200 g/mol. The molecule has 0 fully saturated rings. The highest BCUT2D eigenvalue weighted by atomic mass is 32.1. The minimum Gasteiger partial charge on any atom is -0.206 e. The van der Waals surface area contributed by atoms with Crippen molar-refractivity contribution in [2.24, 2.45) is 11.8 Å². The summed E-state index contributed by atoms with van der Waals surface area (Å²) in [6.45, 7) is 12.3. The molecule has 0 amide bonds. The maximum atomic E-state index is 17.8. The first-order valence-electron chi connectivity index (χ1n) is 28.9. The zero-order valence-corrected chi connectivity index (χ0v) is 53.1. The van der Waals surface area contributed by atoms with Crippen LogP contribution < -0.4 is 14.3 Å². The summed E-state index contributed by atoms with van der Waals surface area (Å²) < 4.78 is 52.7. The van der Waals surface area contributed by atoms with E-state index < -0.39 is 8.07 Å². The van der Waals surface area contributed by atoms with E-state index in [-0.39, 0.29) is 11.6 Å². The van der Waals surface area contributed by atoms with E-state index in [1.165, 1.54) is 143 Å². The fourth-order valence-electron chi connectivity index (χ4n) is 12.6. The lowest BCUT2D eigenvalue weighted by molar-refractivity contribution is -0.610. The van der Waals surface area contributed by atoms with Gasteiger partial charge in [0.2, 0.25) is 11.0 Å². The van der Waals surface area contributed by atoms with Crippen LogP contribution in [0, 0.1) is 23.5 Å². The summed E-state index contributed by atoms with van der Waals surface area (Å²) in [5.74, 6) is 0.517. The molecular weight excluding hydrogens is 1140 g/mol. The lowest BCUT2D eigenvalue weighted by atomic mass is 10.0. The molecule has 0 saturated heterocycles. The highest BCUT2D eigenvalue weighted by Crippen LogP contribution is 2.53. The van der Waals surface area contributed by atoms with Gasteiger partial charge in [0.25, 0.3) is 11.7 Å². The van der Waals surface area contributed by atoms with Crippen LogP contribution in [0.25, 0.3) is 93.1 Å². The van der Waals surface area contributed by atoms with E-state index in [0.29, 0.717) is 28.5 Å². The highest BCUT2D eigenvalue weighted by molar-refractivity contribution is 7.32. The maximum absolute atomic E-state index is 17.8. The fourth-order valence-corrected chi connectivity index (χ4v) is 28.7. The number of halogens is 2. The first-order valence-corrected chi connectivity index (χ1v) is 37.6. The van der Waals surface area contributed by atoms with Crippen molar-refractivity contribution < 1.29 is 12.7 Å². The molecule has 2 bridgehead atoms. The smallest absolute Gasteiger partial charge is 0.206 e. The summed E-state index contributed by atoms with van der Waals surface area (Å²) in [5, 5.41) is 2.96. The second-order valence-corrected chi connectivity index (χ2v) is 34.0. The lowest BCUT2D eigenvalue weighted by Gasteiger charge is -2.35. The van der Waals surface area contributed by atoms with Crippen LogP contribution in [0.15, 0.2) is 72.8 Å².